The van der Waals surface area contributed by atoms with Gasteiger partial charge in [-0.3, -0.25) is 0 Å². The van der Waals surface area contributed by atoms with Crippen LogP contribution >= 0.6 is 11.8 Å². The number of aromatic amines is 1. The highest BCUT2D eigenvalue weighted by molar-refractivity contribution is 8.04. The number of nitrogens with one attached hydrogen (secondary N) is 1. The summed E-state index contributed by atoms with van der Waals surface area (Å²) in [6, 6.07) is 14.3. The smallest absolute Gasteiger partial charge is 0.342 e. The summed E-state index contributed by atoms with van der Waals surface area (Å²) >= 11 is 1.03. The minimum atomic E-state index is -1.07. The maximum atomic E-state index is 11.7. The Morgan fingerprint density at radius 3 is 2.85 bits per heavy atom. The largest absolute Gasteiger partial charge is 0.493 e. The number of carboxylic acid groups (broad SMARTS) is 1. The molecule has 0 unspecified atom stereocenters. The molecule has 3 rings (SSSR count). The number of thioether (sulfide) groups is 1. The van der Waals surface area contributed by atoms with Gasteiger partial charge in [0.2, 0.25) is 0 Å². The molecule has 0 aliphatic heterocycles. The lowest BCUT2D eigenvalue weighted by atomic mass is 10.2. The zero-order valence-electron chi connectivity index (χ0n) is 14.3. The molecular weight excluding hydrogens is 366 g/mol. The Hall–Kier alpha value is -3.44. The number of methoxy groups -OCH3 is 1. The monoisotopic (exact) mass is 381 g/mol. The number of aliphatic carboxylic acids is 1. The average Bonchev–Trinajstić information content (AvgIpc) is 3.08. The lowest BCUT2D eigenvalue weighted by Crippen LogP contribution is -1.98. The number of aromatic nitrogens is 2. The van der Waals surface area contributed by atoms with Crippen LogP contribution in [0.4, 0.5) is 0 Å². The predicted molar refractivity (Wildman–Crippen MR) is 102 cm³/mol. The molecule has 1 aromatic heterocycles. The van der Waals surface area contributed by atoms with E-state index < -0.39 is 5.97 Å². The number of hydrogen-bond acceptors (Lipinski definition) is 6. The van der Waals surface area contributed by atoms with Crippen LogP contribution in [0.3, 0.4) is 0 Å². The van der Waals surface area contributed by atoms with Crippen LogP contribution in [0.1, 0.15) is 5.56 Å². The van der Waals surface area contributed by atoms with E-state index in [0.717, 1.165) is 22.8 Å². The second-order valence-corrected chi connectivity index (χ2v) is 6.36. The molecule has 7 nitrogen and oxygen atoms in total. The van der Waals surface area contributed by atoms with Gasteiger partial charge in [0.05, 0.1) is 18.1 Å². The minimum absolute atomic E-state index is 0.0989. The van der Waals surface area contributed by atoms with Crippen LogP contribution in [0.5, 0.6) is 11.5 Å². The number of nitriles is 1. The molecule has 0 atom stereocenters. The van der Waals surface area contributed by atoms with Gasteiger partial charge in [-0.05, 0) is 47.7 Å². The lowest BCUT2D eigenvalue weighted by molar-refractivity contribution is -0.131. The minimum Gasteiger partial charge on any atom is -0.493 e. The first-order valence-electron chi connectivity index (χ1n) is 7.86. The number of carboxylic acids is 1. The molecule has 0 saturated heterocycles. The number of hydrogen-bond donors (Lipinski definition) is 2. The summed E-state index contributed by atoms with van der Waals surface area (Å²) in [5, 5.41) is 18.7. The number of para-hydroxylation sites is 2. The van der Waals surface area contributed by atoms with E-state index in [-0.39, 0.29) is 11.5 Å². The molecule has 2 N–H and O–H groups in total. The van der Waals surface area contributed by atoms with Crippen molar-refractivity contribution in [2.75, 3.05) is 13.7 Å². The number of imidazole rings is 1. The van der Waals surface area contributed by atoms with Crippen LogP contribution in [-0.2, 0) is 4.79 Å². The first-order valence-corrected chi connectivity index (χ1v) is 8.67. The fraction of sp³-hybridized carbons (Fsp3) is 0.105. The molecule has 0 fully saturated rings. The average molecular weight is 381 g/mol. The van der Waals surface area contributed by atoms with Crippen LogP contribution in [0.25, 0.3) is 17.1 Å². The summed E-state index contributed by atoms with van der Waals surface area (Å²) in [4.78, 5) is 19.2. The summed E-state index contributed by atoms with van der Waals surface area (Å²) in [5.74, 6) is -0.236. The van der Waals surface area contributed by atoms with Gasteiger partial charge in [-0.1, -0.05) is 18.2 Å². The molecule has 8 heteroatoms. The van der Waals surface area contributed by atoms with E-state index in [1.807, 2.05) is 30.3 Å². The summed E-state index contributed by atoms with van der Waals surface area (Å²) in [6.07, 6.45) is 1.52. The quantitative estimate of drug-likeness (QED) is 0.474. The number of H-pyrrole nitrogens is 1. The van der Waals surface area contributed by atoms with Gasteiger partial charge in [0, 0.05) is 0 Å². The topological polar surface area (TPSA) is 108 Å². The predicted octanol–water partition coefficient (Wildman–Crippen LogP) is 3.69. The molecule has 0 spiro atoms. The van der Waals surface area contributed by atoms with E-state index in [9.17, 15) is 9.90 Å². The Labute approximate surface area is 159 Å². The van der Waals surface area contributed by atoms with E-state index in [1.54, 1.807) is 18.2 Å². The fourth-order valence-electron chi connectivity index (χ4n) is 2.37. The van der Waals surface area contributed by atoms with E-state index in [2.05, 4.69) is 9.97 Å². The highest BCUT2D eigenvalue weighted by Gasteiger charge is 2.14. The van der Waals surface area contributed by atoms with Crippen molar-refractivity contribution in [3.05, 3.63) is 52.9 Å². The Morgan fingerprint density at radius 1 is 1.33 bits per heavy atom. The third kappa shape index (κ3) is 4.40. The Morgan fingerprint density at radius 2 is 2.15 bits per heavy atom. The number of fused-ring (bicyclic) bond motifs is 1. The molecule has 3 aromatic rings. The SMILES string of the molecule is COc1cc(/C=C(\Sc2nc3ccccc3[nH]2)C(=O)O)ccc1OCC#N. The van der Waals surface area contributed by atoms with Crippen molar-refractivity contribution < 1.29 is 19.4 Å². The molecule has 27 heavy (non-hydrogen) atoms. The summed E-state index contributed by atoms with van der Waals surface area (Å²) in [7, 11) is 1.48. The molecule has 0 aliphatic carbocycles. The van der Waals surface area contributed by atoms with Crippen molar-refractivity contribution in [1.82, 2.24) is 9.97 Å². The standard InChI is InChI=1S/C19H15N3O4S/c1-25-16-10-12(6-7-15(16)26-9-8-20)11-17(18(23)24)27-19-21-13-4-2-3-5-14(13)22-19/h2-7,10-11H,9H2,1H3,(H,21,22)(H,23,24)/b17-11-. The molecule has 136 valence electrons. The van der Waals surface area contributed by atoms with Gasteiger partial charge in [-0.25, -0.2) is 9.78 Å². The van der Waals surface area contributed by atoms with Crippen LogP contribution in [-0.4, -0.2) is 34.8 Å². The van der Waals surface area contributed by atoms with Crippen LogP contribution in [0.2, 0.25) is 0 Å². The third-order valence-electron chi connectivity index (χ3n) is 3.56. The Bertz CT molecular complexity index is 1020. The summed E-state index contributed by atoms with van der Waals surface area (Å²) in [5.41, 5.74) is 2.23. The van der Waals surface area contributed by atoms with Gasteiger partial charge in [-0.2, -0.15) is 5.26 Å². The van der Waals surface area contributed by atoms with Crippen molar-refractivity contribution in [2.24, 2.45) is 0 Å². The van der Waals surface area contributed by atoms with Crippen molar-refractivity contribution in [2.45, 2.75) is 5.16 Å². The van der Waals surface area contributed by atoms with Gasteiger partial charge in [0.1, 0.15) is 11.0 Å². The second kappa shape index (κ2) is 8.29. The van der Waals surface area contributed by atoms with E-state index in [4.69, 9.17) is 14.7 Å². The molecule has 2 aromatic carbocycles. The highest BCUT2D eigenvalue weighted by Crippen LogP contribution is 2.32. The van der Waals surface area contributed by atoms with Gasteiger partial charge < -0.3 is 19.6 Å². The number of ether oxygens (including phenoxy) is 2. The molecule has 0 radical (unpaired) electrons. The molecule has 0 bridgehead atoms. The van der Waals surface area contributed by atoms with Gasteiger partial charge in [0.15, 0.2) is 23.3 Å². The van der Waals surface area contributed by atoms with Crippen molar-refractivity contribution >= 4 is 34.8 Å². The lowest BCUT2D eigenvalue weighted by Gasteiger charge is -2.09. The Balaban J connectivity index is 1.89. The van der Waals surface area contributed by atoms with Crippen molar-refractivity contribution in [1.29, 1.82) is 5.26 Å². The van der Waals surface area contributed by atoms with Gasteiger partial charge >= 0.3 is 5.97 Å². The third-order valence-corrected chi connectivity index (χ3v) is 4.46. The Kier molecular flexibility index (Phi) is 5.64. The van der Waals surface area contributed by atoms with E-state index in [1.165, 1.54) is 13.2 Å². The fourth-order valence-corrected chi connectivity index (χ4v) is 3.17. The van der Waals surface area contributed by atoms with Gasteiger partial charge in [-0.15, -0.1) is 0 Å². The first kappa shape index (κ1) is 18.4. The van der Waals surface area contributed by atoms with Gasteiger partial charge in [0.25, 0.3) is 0 Å². The molecular formula is C19H15N3O4S. The van der Waals surface area contributed by atoms with Crippen molar-refractivity contribution in [3.63, 3.8) is 0 Å². The zero-order valence-corrected chi connectivity index (χ0v) is 15.1. The second-order valence-electron chi connectivity index (χ2n) is 5.33. The number of carbonyl (C=O) groups is 1. The normalized spacial score (nSPS) is 11.2. The van der Waals surface area contributed by atoms with Crippen LogP contribution in [0, 0.1) is 11.3 Å². The molecule has 1 heterocycles. The summed E-state index contributed by atoms with van der Waals surface area (Å²) in [6.45, 7) is -0.103. The zero-order chi connectivity index (χ0) is 19.2. The maximum absolute atomic E-state index is 11.7. The van der Waals surface area contributed by atoms with Crippen LogP contribution < -0.4 is 9.47 Å². The first-order chi connectivity index (χ1) is 13.1. The van der Waals surface area contributed by atoms with E-state index in [0.29, 0.717) is 22.2 Å². The number of benzene rings is 2. The molecule has 0 aliphatic rings. The summed E-state index contributed by atoms with van der Waals surface area (Å²) < 4.78 is 10.5. The molecule has 0 saturated carbocycles. The van der Waals surface area contributed by atoms with E-state index >= 15 is 0 Å². The highest BCUT2D eigenvalue weighted by atomic mass is 32.2. The molecule has 0 amide bonds. The van der Waals surface area contributed by atoms with Crippen LogP contribution in [0.15, 0.2) is 52.5 Å². The number of rotatable bonds is 7. The number of nitrogens with zero attached hydrogens (tertiary/aromatic N) is 2. The van der Waals surface area contributed by atoms with Crippen molar-refractivity contribution in [3.8, 4) is 17.6 Å². The maximum Gasteiger partial charge on any atom is 0.342 e.